The molecule has 0 amide bonds. The molecule has 18 heavy (non-hydrogen) atoms. The topological polar surface area (TPSA) is 9.72 Å². The molecule has 0 aromatic heterocycles. The van der Waals surface area contributed by atoms with E-state index < -0.39 is 14.8 Å². The maximum absolute atomic E-state index is 2.68. The highest BCUT2D eigenvalue weighted by atomic mass is 27.2. The Kier molecular flexibility index (Phi) is 18.1. The van der Waals surface area contributed by atoms with Crippen molar-refractivity contribution in [1.82, 2.24) is 11.7 Å². The Hall–Kier alpha value is 0.412. The van der Waals surface area contributed by atoms with Crippen LogP contribution in [0.15, 0.2) is 0 Å². The lowest BCUT2D eigenvalue weighted by Crippen LogP contribution is -2.62. The third kappa shape index (κ3) is 6.54. The summed E-state index contributed by atoms with van der Waals surface area (Å²) in [5.41, 5.74) is 0. The average Bonchev–Trinajstić information content (AvgIpc) is 2.33. The zero-order valence-corrected chi connectivity index (χ0v) is 13.3. The van der Waals surface area contributed by atoms with Crippen LogP contribution in [0.2, 0.25) is 0 Å². The van der Waals surface area contributed by atoms with Crippen molar-refractivity contribution in [3.63, 3.8) is 0 Å². The van der Waals surface area contributed by atoms with Gasteiger partial charge in [0.15, 0.2) is 0 Å². The molecule has 0 aliphatic heterocycles. The monoisotopic (exact) mass is 275 g/mol. The number of nitrogens with zero attached hydrogens (tertiary/aromatic N) is 3. The Morgan fingerprint density at radius 3 is 0.778 bits per heavy atom. The van der Waals surface area contributed by atoms with Gasteiger partial charge in [-0.25, -0.2) is 0 Å². The minimum absolute atomic E-state index is 0. The Morgan fingerprint density at radius 1 is 0.500 bits per heavy atom. The fraction of sp³-hybridized carbons (Fsp3) is 1.00. The molecule has 0 aromatic rings. The van der Waals surface area contributed by atoms with Gasteiger partial charge >= 0.3 is 14.8 Å². The summed E-state index contributed by atoms with van der Waals surface area (Å²) in [5, 5.41) is 0. The average molecular weight is 275 g/mol. The summed E-state index contributed by atoms with van der Waals surface area (Å²) in [6.07, 6.45) is 0. The highest BCUT2D eigenvalue weighted by Crippen LogP contribution is 2.07. The number of hydrogen-bond acceptors (Lipinski definition) is 3. The van der Waals surface area contributed by atoms with Crippen LogP contribution in [0.5, 0.6) is 0 Å². The van der Waals surface area contributed by atoms with Crippen molar-refractivity contribution in [1.29, 1.82) is 0 Å². The molecule has 0 saturated heterocycles. The van der Waals surface area contributed by atoms with Crippen molar-refractivity contribution >= 4 is 14.8 Å². The van der Waals surface area contributed by atoms with E-state index in [1.807, 2.05) is 0 Å². The first kappa shape index (κ1) is 23.5. The highest BCUT2D eigenvalue weighted by molar-refractivity contribution is 6.49. The van der Waals surface area contributed by atoms with E-state index in [9.17, 15) is 0 Å². The molecule has 0 fully saturated rings. The summed E-state index contributed by atoms with van der Waals surface area (Å²) in [6, 6.07) is 0. The smallest absolute Gasteiger partial charge is 0.357 e. The van der Waals surface area contributed by atoms with Gasteiger partial charge in [-0.15, -0.1) is 0 Å². The summed E-state index contributed by atoms with van der Waals surface area (Å²) in [4.78, 5) is 0. The lowest BCUT2D eigenvalue weighted by atomic mass is 10.6. The van der Waals surface area contributed by atoms with Crippen LogP contribution in [-0.2, 0) is 0 Å². The van der Waals surface area contributed by atoms with E-state index >= 15 is 0 Å². The largest absolute Gasteiger partial charge is 0.609 e. The number of rotatable bonds is 9. The zero-order chi connectivity index (χ0) is 12.6. The molecule has 0 radical (unpaired) electrons. The third-order valence-electron chi connectivity index (χ3n) is 3.42. The quantitative estimate of drug-likeness (QED) is 0.598. The first-order valence-corrected chi connectivity index (χ1v) is 8.46. The molecule has 0 N–H and O–H groups in total. The summed E-state index contributed by atoms with van der Waals surface area (Å²) in [7, 11) is 0. The van der Waals surface area contributed by atoms with Crippen molar-refractivity contribution in [2.75, 3.05) is 39.3 Å². The van der Waals surface area contributed by atoms with Gasteiger partial charge in [-0.2, -0.15) is 0 Å². The lowest BCUT2D eigenvalue weighted by molar-refractivity contribution is 0.294. The van der Waals surface area contributed by atoms with Gasteiger partial charge < -0.3 is 11.7 Å². The molecule has 0 aliphatic carbocycles. The third-order valence-corrected chi connectivity index (χ3v) is 7.57. The SMILES string of the molecule is C.C.CC[N](CC)[Al]([N](CC)CC)[N](CC)CC. The molecule has 0 rings (SSSR count). The molecule has 0 saturated carbocycles. The van der Waals surface area contributed by atoms with E-state index in [2.05, 4.69) is 53.2 Å². The van der Waals surface area contributed by atoms with Gasteiger partial charge in [-0.05, 0) is 39.3 Å². The molecule has 0 spiro atoms. The van der Waals surface area contributed by atoms with E-state index in [-0.39, 0.29) is 14.9 Å². The second kappa shape index (κ2) is 13.8. The van der Waals surface area contributed by atoms with Crippen LogP contribution < -0.4 is 0 Å². The molecule has 112 valence electrons. The molecule has 0 atom stereocenters. The maximum Gasteiger partial charge on any atom is 0.609 e. The van der Waals surface area contributed by atoms with E-state index in [0.717, 1.165) is 0 Å². The zero-order valence-electron chi connectivity index (χ0n) is 12.2. The van der Waals surface area contributed by atoms with Crippen LogP contribution >= 0.6 is 0 Å². The van der Waals surface area contributed by atoms with Crippen LogP contribution in [-0.4, -0.2) is 65.7 Å². The molecular formula is C14H38AlN3. The van der Waals surface area contributed by atoms with E-state index in [1.165, 1.54) is 39.3 Å². The summed E-state index contributed by atoms with van der Waals surface area (Å²) >= 11 is -1.08. The van der Waals surface area contributed by atoms with Crippen LogP contribution in [0.3, 0.4) is 0 Å². The Labute approximate surface area is 122 Å². The maximum atomic E-state index is 2.68. The highest BCUT2D eigenvalue weighted by Gasteiger charge is 2.37. The predicted octanol–water partition coefficient (Wildman–Crippen LogP) is 3.27. The summed E-state index contributed by atoms with van der Waals surface area (Å²) in [6.45, 7) is 20.8. The molecule has 3 nitrogen and oxygen atoms in total. The Morgan fingerprint density at radius 2 is 0.667 bits per heavy atom. The van der Waals surface area contributed by atoms with Crippen molar-refractivity contribution in [3.05, 3.63) is 0 Å². The molecule has 0 unspecified atom stereocenters. The van der Waals surface area contributed by atoms with Crippen LogP contribution in [0.25, 0.3) is 0 Å². The van der Waals surface area contributed by atoms with E-state index in [0.29, 0.717) is 0 Å². The summed E-state index contributed by atoms with van der Waals surface area (Å²) in [5.74, 6) is 0. The van der Waals surface area contributed by atoms with Crippen molar-refractivity contribution in [3.8, 4) is 0 Å². The lowest BCUT2D eigenvalue weighted by Gasteiger charge is -2.39. The second-order valence-electron chi connectivity index (χ2n) is 4.01. The first-order chi connectivity index (χ1) is 7.69. The normalized spacial score (nSPS) is 10.5. The van der Waals surface area contributed by atoms with Gasteiger partial charge in [-0.1, -0.05) is 56.4 Å². The molecule has 0 aromatic carbocycles. The van der Waals surface area contributed by atoms with E-state index in [1.54, 1.807) is 0 Å². The molecule has 0 heterocycles. The first-order valence-electron chi connectivity index (χ1n) is 6.91. The van der Waals surface area contributed by atoms with E-state index in [4.69, 9.17) is 0 Å². The minimum atomic E-state index is -1.08. The fourth-order valence-corrected chi connectivity index (χ4v) is 5.69. The predicted molar refractivity (Wildman–Crippen MR) is 88.0 cm³/mol. The molecule has 4 heteroatoms. The van der Waals surface area contributed by atoms with Crippen LogP contribution in [0.4, 0.5) is 0 Å². The van der Waals surface area contributed by atoms with Crippen LogP contribution in [0, 0.1) is 0 Å². The standard InChI is InChI=1S/3C4H10N.2CH4.Al/c3*1-3-5-4-2;;;/h3*3-4H2,1-2H3;2*1H4;/q3*-1;;;+3. The fourth-order valence-electron chi connectivity index (χ4n) is 2.34. The number of hydrogen-bond donors (Lipinski definition) is 0. The Bertz CT molecular complexity index is 127. The second-order valence-corrected chi connectivity index (χ2v) is 6.89. The van der Waals surface area contributed by atoms with Gasteiger partial charge in [0, 0.05) is 0 Å². The molecule has 0 bridgehead atoms. The van der Waals surface area contributed by atoms with Crippen molar-refractivity contribution in [2.45, 2.75) is 56.4 Å². The minimum Gasteiger partial charge on any atom is -0.357 e. The van der Waals surface area contributed by atoms with Gasteiger partial charge in [0.05, 0.1) is 0 Å². The Balaban J connectivity index is -0.00000112. The van der Waals surface area contributed by atoms with Gasteiger partial charge in [0.2, 0.25) is 0 Å². The molecular weight excluding hydrogens is 237 g/mol. The summed E-state index contributed by atoms with van der Waals surface area (Å²) < 4.78 is 8.04. The van der Waals surface area contributed by atoms with Crippen molar-refractivity contribution < 1.29 is 0 Å². The van der Waals surface area contributed by atoms with Gasteiger partial charge in [0.25, 0.3) is 0 Å². The van der Waals surface area contributed by atoms with Crippen LogP contribution in [0.1, 0.15) is 56.4 Å². The van der Waals surface area contributed by atoms with Crippen molar-refractivity contribution in [2.24, 2.45) is 0 Å². The van der Waals surface area contributed by atoms with Gasteiger partial charge in [-0.3, -0.25) is 0 Å². The van der Waals surface area contributed by atoms with Gasteiger partial charge in [0.1, 0.15) is 0 Å². The molecule has 0 aliphatic rings.